The van der Waals surface area contributed by atoms with E-state index in [0.717, 1.165) is 40.3 Å². The van der Waals surface area contributed by atoms with Gasteiger partial charge in [-0.05, 0) is 56.2 Å². The largest absolute Gasteiger partial charge is 0.494 e. The third-order valence-electron chi connectivity index (χ3n) is 4.09. The smallest absolute Gasteiger partial charge is 0.140 e. The molecule has 4 heteroatoms. The zero-order valence-electron chi connectivity index (χ0n) is 14.3. The molecule has 0 aliphatic rings. The van der Waals surface area contributed by atoms with Crippen LogP contribution in [-0.4, -0.2) is 16.0 Å². The Morgan fingerprint density at radius 1 is 1.25 bits per heavy atom. The number of benzene rings is 1. The van der Waals surface area contributed by atoms with Crippen LogP contribution in [0.15, 0.2) is 42.6 Å². The fourth-order valence-corrected chi connectivity index (χ4v) is 2.84. The molecule has 0 bridgehead atoms. The average Bonchev–Trinajstić information content (AvgIpc) is 3.00. The normalized spacial score (nSPS) is 12.1. The molecule has 24 heavy (non-hydrogen) atoms. The van der Waals surface area contributed by atoms with Crippen molar-refractivity contribution in [2.45, 2.75) is 33.1 Å². The number of hydrogen-bond acceptors (Lipinski definition) is 3. The molecule has 1 aromatic carbocycles. The summed E-state index contributed by atoms with van der Waals surface area (Å²) in [7, 11) is 0. The Kier molecular flexibility index (Phi) is 4.52. The summed E-state index contributed by atoms with van der Waals surface area (Å²) in [6.45, 7) is 6.75. The Bertz CT molecular complexity index is 888. The number of aryl methyl sites for hydroxylation is 1. The Labute approximate surface area is 142 Å². The maximum absolute atomic E-state index is 9.44. The van der Waals surface area contributed by atoms with E-state index in [1.165, 1.54) is 0 Å². The lowest BCUT2D eigenvalue weighted by molar-refractivity contribution is 0.317. The molecule has 0 saturated carbocycles. The first-order valence-electron chi connectivity index (χ1n) is 8.26. The monoisotopic (exact) mass is 319 g/mol. The summed E-state index contributed by atoms with van der Waals surface area (Å²) in [6, 6.07) is 14.3. The van der Waals surface area contributed by atoms with Gasteiger partial charge >= 0.3 is 0 Å². The van der Waals surface area contributed by atoms with Crippen molar-refractivity contribution in [1.29, 1.82) is 5.26 Å². The van der Waals surface area contributed by atoms with Gasteiger partial charge in [0, 0.05) is 11.8 Å². The van der Waals surface area contributed by atoms with Crippen molar-refractivity contribution in [2.75, 3.05) is 6.61 Å². The van der Waals surface area contributed by atoms with Gasteiger partial charge < -0.3 is 9.14 Å². The quantitative estimate of drug-likeness (QED) is 0.683. The van der Waals surface area contributed by atoms with Crippen molar-refractivity contribution in [3.8, 4) is 23.1 Å². The van der Waals surface area contributed by atoms with Crippen molar-refractivity contribution in [2.24, 2.45) is 0 Å². The summed E-state index contributed by atoms with van der Waals surface area (Å²) >= 11 is 0. The van der Waals surface area contributed by atoms with Crippen LogP contribution in [0.3, 0.4) is 0 Å². The van der Waals surface area contributed by atoms with Crippen LogP contribution in [-0.2, 0) is 0 Å². The standard InChI is InChI=1S/C20H21N3O/c1-4-12-24-17-9-7-16(8-10-17)18-19(15(3)13-21)23-11-5-6-14(2)20(23)22-18/h5-11,15H,4,12H2,1-3H3. The van der Waals surface area contributed by atoms with Crippen molar-refractivity contribution in [3.63, 3.8) is 0 Å². The van der Waals surface area contributed by atoms with Gasteiger partial charge in [-0.2, -0.15) is 5.26 Å². The highest BCUT2D eigenvalue weighted by molar-refractivity contribution is 5.69. The highest BCUT2D eigenvalue weighted by atomic mass is 16.5. The maximum atomic E-state index is 9.44. The van der Waals surface area contributed by atoms with E-state index in [1.807, 2.05) is 60.8 Å². The minimum absolute atomic E-state index is 0.243. The van der Waals surface area contributed by atoms with Crippen LogP contribution in [0.4, 0.5) is 0 Å². The molecular weight excluding hydrogens is 298 g/mol. The number of nitriles is 1. The number of ether oxygens (including phenoxy) is 1. The molecule has 0 amide bonds. The second kappa shape index (κ2) is 6.76. The third-order valence-corrected chi connectivity index (χ3v) is 4.09. The molecule has 0 fully saturated rings. The number of imidazole rings is 1. The molecule has 122 valence electrons. The van der Waals surface area contributed by atoms with E-state index in [0.29, 0.717) is 6.61 Å². The van der Waals surface area contributed by atoms with Crippen molar-refractivity contribution in [1.82, 2.24) is 9.38 Å². The van der Waals surface area contributed by atoms with Crippen LogP contribution in [0.1, 0.15) is 37.4 Å². The number of pyridine rings is 1. The zero-order chi connectivity index (χ0) is 17.1. The lowest BCUT2D eigenvalue weighted by Crippen LogP contribution is -1.99. The van der Waals surface area contributed by atoms with Gasteiger partial charge in [-0.1, -0.05) is 13.0 Å². The minimum Gasteiger partial charge on any atom is -0.494 e. The SMILES string of the molecule is CCCOc1ccc(-c2nc3c(C)cccn3c2C(C)C#N)cc1. The molecule has 0 aliphatic heterocycles. The molecule has 2 aromatic heterocycles. The first kappa shape index (κ1) is 16.1. The highest BCUT2D eigenvalue weighted by Gasteiger charge is 2.20. The summed E-state index contributed by atoms with van der Waals surface area (Å²) in [6.07, 6.45) is 2.96. The van der Waals surface area contributed by atoms with Crippen LogP contribution < -0.4 is 4.74 Å². The Morgan fingerprint density at radius 2 is 2.00 bits per heavy atom. The highest BCUT2D eigenvalue weighted by Crippen LogP contribution is 2.31. The summed E-state index contributed by atoms with van der Waals surface area (Å²) in [5.74, 6) is 0.614. The number of fused-ring (bicyclic) bond motifs is 1. The van der Waals surface area contributed by atoms with Gasteiger partial charge in [0.15, 0.2) is 0 Å². The second-order valence-electron chi connectivity index (χ2n) is 5.95. The van der Waals surface area contributed by atoms with Crippen molar-refractivity contribution in [3.05, 3.63) is 53.9 Å². The molecular formula is C20H21N3O. The molecule has 3 aromatic rings. The fourth-order valence-electron chi connectivity index (χ4n) is 2.84. The molecule has 1 unspecified atom stereocenters. The van der Waals surface area contributed by atoms with Crippen LogP contribution in [0, 0.1) is 18.3 Å². The summed E-state index contributed by atoms with van der Waals surface area (Å²) in [5, 5.41) is 9.44. The molecule has 1 atom stereocenters. The fraction of sp³-hybridized carbons (Fsp3) is 0.300. The Morgan fingerprint density at radius 3 is 2.67 bits per heavy atom. The van der Waals surface area contributed by atoms with Gasteiger partial charge in [0.1, 0.15) is 11.4 Å². The van der Waals surface area contributed by atoms with E-state index < -0.39 is 0 Å². The Hall–Kier alpha value is -2.80. The predicted molar refractivity (Wildman–Crippen MR) is 95.2 cm³/mol. The number of nitrogens with zero attached hydrogens (tertiary/aromatic N) is 3. The lowest BCUT2D eigenvalue weighted by atomic mass is 10.0. The van der Waals surface area contributed by atoms with Gasteiger partial charge in [-0.3, -0.25) is 0 Å². The van der Waals surface area contributed by atoms with Crippen LogP contribution in [0.25, 0.3) is 16.9 Å². The average molecular weight is 319 g/mol. The zero-order valence-corrected chi connectivity index (χ0v) is 14.3. The van der Waals surface area contributed by atoms with Crippen LogP contribution in [0.2, 0.25) is 0 Å². The predicted octanol–water partition coefficient (Wildman–Crippen LogP) is 4.73. The minimum atomic E-state index is -0.243. The number of rotatable bonds is 5. The summed E-state index contributed by atoms with van der Waals surface area (Å²) < 4.78 is 7.67. The molecule has 0 saturated heterocycles. The first-order chi connectivity index (χ1) is 11.7. The topological polar surface area (TPSA) is 50.3 Å². The van der Waals surface area contributed by atoms with Crippen LogP contribution in [0.5, 0.6) is 5.75 Å². The summed E-state index contributed by atoms with van der Waals surface area (Å²) in [4.78, 5) is 4.81. The number of aromatic nitrogens is 2. The van der Waals surface area contributed by atoms with E-state index in [-0.39, 0.29) is 5.92 Å². The van der Waals surface area contributed by atoms with Gasteiger partial charge in [0.25, 0.3) is 0 Å². The van der Waals surface area contributed by atoms with E-state index in [2.05, 4.69) is 13.0 Å². The Balaban J connectivity index is 2.11. The van der Waals surface area contributed by atoms with Gasteiger partial charge in [-0.25, -0.2) is 4.98 Å². The van der Waals surface area contributed by atoms with Crippen LogP contribution >= 0.6 is 0 Å². The van der Waals surface area contributed by atoms with Gasteiger partial charge in [0.2, 0.25) is 0 Å². The number of hydrogen-bond donors (Lipinski definition) is 0. The lowest BCUT2D eigenvalue weighted by Gasteiger charge is -2.08. The second-order valence-corrected chi connectivity index (χ2v) is 5.95. The maximum Gasteiger partial charge on any atom is 0.140 e. The van der Waals surface area contributed by atoms with E-state index >= 15 is 0 Å². The summed E-state index contributed by atoms with van der Waals surface area (Å²) in [5.41, 5.74) is 4.78. The molecule has 0 spiro atoms. The molecule has 3 rings (SSSR count). The molecule has 0 aliphatic carbocycles. The third kappa shape index (κ3) is 2.85. The molecule has 0 radical (unpaired) electrons. The molecule has 2 heterocycles. The van der Waals surface area contributed by atoms with Gasteiger partial charge in [-0.15, -0.1) is 0 Å². The van der Waals surface area contributed by atoms with E-state index in [1.54, 1.807) is 0 Å². The van der Waals surface area contributed by atoms with Crippen molar-refractivity contribution < 1.29 is 4.74 Å². The van der Waals surface area contributed by atoms with E-state index in [4.69, 9.17) is 9.72 Å². The van der Waals surface area contributed by atoms with Gasteiger partial charge in [0.05, 0.1) is 30.0 Å². The molecule has 4 nitrogen and oxygen atoms in total. The molecule has 0 N–H and O–H groups in total. The first-order valence-corrected chi connectivity index (χ1v) is 8.26. The van der Waals surface area contributed by atoms with Crippen molar-refractivity contribution >= 4 is 5.65 Å². The van der Waals surface area contributed by atoms with E-state index in [9.17, 15) is 5.26 Å².